The summed E-state index contributed by atoms with van der Waals surface area (Å²) in [5, 5.41) is 3.26. The van der Waals surface area contributed by atoms with Gasteiger partial charge in [0.2, 0.25) is 0 Å². The molecule has 0 saturated carbocycles. The monoisotopic (exact) mass is 237 g/mol. The fraction of sp³-hybridized carbons (Fsp3) is 0.462. The molecule has 0 aliphatic rings. The fourth-order valence-electron chi connectivity index (χ4n) is 1.48. The number of carbonyl (C=O) groups excluding carboxylic acids is 1. The summed E-state index contributed by atoms with van der Waals surface area (Å²) in [5.41, 5.74) is 2.06. The third kappa shape index (κ3) is 4.34. The molecule has 1 unspecified atom stereocenters. The number of aryl methyl sites for hydroxylation is 1. The van der Waals surface area contributed by atoms with Crippen molar-refractivity contribution < 1.29 is 14.3 Å². The smallest absolute Gasteiger partial charge is 0.302 e. The second-order valence-electron chi connectivity index (χ2n) is 4.05. The van der Waals surface area contributed by atoms with Gasteiger partial charge >= 0.3 is 5.97 Å². The summed E-state index contributed by atoms with van der Waals surface area (Å²) >= 11 is 0. The third-order valence-corrected chi connectivity index (χ3v) is 2.29. The first-order valence-corrected chi connectivity index (χ1v) is 5.57. The molecule has 94 valence electrons. The van der Waals surface area contributed by atoms with Gasteiger partial charge < -0.3 is 14.8 Å². The number of hydrogen-bond donors (Lipinski definition) is 1. The molecule has 0 aliphatic heterocycles. The zero-order valence-corrected chi connectivity index (χ0v) is 10.7. The SMILES string of the molecule is COc1ccc(C)cc1NC(C)COC(C)=O. The predicted octanol–water partition coefficient (Wildman–Crippen LogP) is 2.37. The average Bonchev–Trinajstić information content (AvgIpc) is 2.27. The van der Waals surface area contributed by atoms with Crippen LogP contribution in [0, 0.1) is 6.92 Å². The van der Waals surface area contributed by atoms with Crippen LogP contribution in [-0.4, -0.2) is 25.7 Å². The van der Waals surface area contributed by atoms with Gasteiger partial charge in [-0.25, -0.2) is 0 Å². The van der Waals surface area contributed by atoms with E-state index in [1.54, 1.807) is 7.11 Å². The van der Waals surface area contributed by atoms with Crippen LogP contribution in [0.2, 0.25) is 0 Å². The molecule has 0 aromatic heterocycles. The zero-order valence-electron chi connectivity index (χ0n) is 10.7. The van der Waals surface area contributed by atoms with Gasteiger partial charge in [0, 0.05) is 6.92 Å². The van der Waals surface area contributed by atoms with E-state index in [4.69, 9.17) is 9.47 Å². The number of hydrogen-bond acceptors (Lipinski definition) is 4. The molecule has 0 amide bonds. The number of ether oxygens (including phenoxy) is 2. The number of nitrogens with one attached hydrogen (secondary N) is 1. The van der Waals surface area contributed by atoms with Crippen molar-refractivity contribution in [2.24, 2.45) is 0 Å². The zero-order chi connectivity index (χ0) is 12.8. The van der Waals surface area contributed by atoms with Crippen LogP contribution in [0.5, 0.6) is 5.75 Å². The highest BCUT2D eigenvalue weighted by Gasteiger charge is 2.08. The Morgan fingerprint density at radius 3 is 2.76 bits per heavy atom. The van der Waals surface area contributed by atoms with Crippen LogP contribution in [0.4, 0.5) is 5.69 Å². The van der Waals surface area contributed by atoms with E-state index in [-0.39, 0.29) is 12.0 Å². The molecule has 0 bridgehead atoms. The normalized spacial score (nSPS) is 11.8. The molecule has 4 nitrogen and oxygen atoms in total. The van der Waals surface area contributed by atoms with Crippen LogP contribution >= 0.6 is 0 Å². The molecule has 0 aliphatic carbocycles. The van der Waals surface area contributed by atoms with Gasteiger partial charge in [-0.3, -0.25) is 4.79 Å². The lowest BCUT2D eigenvalue weighted by molar-refractivity contribution is -0.141. The number of esters is 1. The van der Waals surface area contributed by atoms with Gasteiger partial charge in [-0.1, -0.05) is 6.07 Å². The van der Waals surface area contributed by atoms with E-state index < -0.39 is 0 Å². The van der Waals surface area contributed by atoms with Crippen LogP contribution in [0.3, 0.4) is 0 Å². The standard InChI is InChI=1S/C13H19NO3/c1-9-5-6-13(16-4)12(7-9)14-10(2)8-17-11(3)15/h5-7,10,14H,8H2,1-4H3. The molecule has 1 rings (SSSR count). The summed E-state index contributed by atoms with van der Waals surface area (Å²) in [6.07, 6.45) is 0. The highest BCUT2D eigenvalue weighted by atomic mass is 16.5. The summed E-state index contributed by atoms with van der Waals surface area (Å²) in [6, 6.07) is 5.94. The molecule has 1 atom stereocenters. The number of methoxy groups -OCH3 is 1. The maximum atomic E-state index is 10.7. The number of anilines is 1. The van der Waals surface area contributed by atoms with E-state index in [9.17, 15) is 4.79 Å². The highest BCUT2D eigenvalue weighted by molar-refractivity contribution is 5.66. The first-order chi connectivity index (χ1) is 8.02. The molecule has 0 saturated heterocycles. The van der Waals surface area contributed by atoms with Gasteiger partial charge in [0.1, 0.15) is 12.4 Å². The van der Waals surface area contributed by atoms with Crippen molar-refractivity contribution in [3.05, 3.63) is 23.8 Å². The number of benzene rings is 1. The van der Waals surface area contributed by atoms with Gasteiger partial charge in [-0.15, -0.1) is 0 Å². The lowest BCUT2D eigenvalue weighted by Gasteiger charge is -2.17. The average molecular weight is 237 g/mol. The van der Waals surface area contributed by atoms with Crippen LogP contribution in [0.1, 0.15) is 19.4 Å². The van der Waals surface area contributed by atoms with Gasteiger partial charge in [0.15, 0.2) is 0 Å². The van der Waals surface area contributed by atoms with E-state index in [1.807, 2.05) is 32.0 Å². The molecule has 17 heavy (non-hydrogen) atoms. The van der Waals surface area contributed by atoms with Crippen molar-refractivity contribution in [1.82, 2.24) is 0 Å². The van der Waals surface area contributed by atoms with Gasteiger partial charge in [0.05, 0.1) is 18.8 Å². The largest absolute Gasteiger partial charge is 0.495 e. The Hall–Kier alpha value is -1.71. The predicted molar refractivity (Wildman–Crippen MR) is 67.4 cm³/mol. The summed E-state index contributed by atoms with van der Waals surface area (Å²) < 4.78 is 10.2. The molecule has 0 fully saturated rings. The quantitative estimate of drug-likeness (QED) is 0.799. The van der Waals surface area contributed by atoms with Crippen molar-refractivity contribution in [2.45, 2.75) is 26.8 Å². The van der Waals surface area contributed by atoms with Crippen molar-refractivity contribution in [3.63, 3.8) is 0 Å². The van der Waals surface area contributed by atoms with Crippen molar-refractivity contribution in [2.75, 3.05) is 19.0 Å². The van der Waals surface area contributed by atoms with Crippen LogP contribution in [-0.2, 0) is 9.53 Å². The molecular weight excluding hydrogens is 218 g/mol. The van der Waals surface area contributed by atoms with E-state index in [2.05, 4.69) is 5.32 Å². The highest BCUT2D eigenvalue weighted by Crippen LogP contribution is 2.25. The first kappa shape index (κ1) is 13.4. The first-order valence-electron chi connectivity index (χ1n) is 5.57. The van der Waals surface area contributed by atoms with Crippen LogP contribution in [0.15, 0.2) is 18.2 Å². The Bertz CT molecular complexity index is 390. The second kappa shape index (κ2) is 6.13. The topological polar surface area (TPSA) is 47.6 Å². The molecular formula is C13H19NO3. The fourth-order valence-corrected chi connectivity index (χ4v) is 1.48. The van der Waals surface area contributed by atoms with E-state index in [1.165, 1.54) is 6.92 Å². The molecule has 1 aromatic rings. The molecule has 4 heteroatoms. The van der Waals surface area contributed by atoms with E-state index in [0.29, 0.717) is 6.61 Å². The van der Waals surface area contributed by atoms with E-state index >= 15 is 0 Å². The Morgan fingerprint density at radius 2 is 2.18 bits per heavy atom. The molecule has 0 spiro atoms. The maximum Gasteiger partial charge on any atom is 0.302 e. The van der Waals surface area contributed by atoms with Crippen molar-refractivity contribution in [1.29, 1.82) is 0 Å². The number of rotatable bonds is 5. The Kier molecular flexibility index (Phi) is 4.82. The Labute approximate surface area is 102 Å². The van der Waals surface area contributed by atoms with Crippen LogP contribution in [0.25, 0.3) is 0 Å². The van der Waals surface area contributed by atoms with Gasteiger partial charge in [-0.05, 0) is 31.5 Å². The summed E-state index contributed by atoms with van der Waals surface area (Å²) in [5.74, 6) is 0.514. The Balaban J connectivity index is 2.66. The molecule has 0 heterocycles. The lowest BCUT2D eigenvalue weighted by atomic mass is 10.2. The minimum absolute atomic E-state index is 0.0367. The van der Waals surface area contributed by atoms with E-state index in [0.717, 1.165) is 17.0 Å². The minimum atomic E-state index is -0.269. The molecule has 0 radical (unpaired) electrons. The summed E-state index contributed by atoms with van der Waals surface area (Å²) in [4.78, 5) is 10.7. The molecule has 1 aromatic carbocycles. The van der Waals surface area contributed by atoms with Gasteiger partial charge in [-0.2, -0.15) is 0 Å². The van der Waals surface area contributed by atoms with Crippen LogP contribution < -0.4 is 10.1 Å². The maximum absolute atomic E-state index is 10.7. The van der Waals surface area contributed by atoms with Crippen molar-refractivity contribution in [3.8, 4) is 5.75 Å². The lowest BCUT2D eigenvalue weighted by Crippen LogP contribution is -2.23. The summed E-state index contributed by atoms with van der Waals surface area (Å²) in [6.45, 7) is 5.71. The third-order valence-electron chi connectivity index (χ3n) is 2.29. The minimum Gasteiger partial charge on any atom is -0.495 e. The Morgan fingerprint density at radius 1 is 1.47 bits per heavy atom. The van der Waals surface area contributed by atoms with Crippen molar-refractivity contribution >= 4 is 11.7 Å². The number of carbonyl (C=O) groups is 1. The summed E-state index contributed by atoms with van der Waals surface area (Å²) in [7, 11) is 1.63. The van der Waals surface area contributed by atoms with Gasteiger partial charge in [0.25, 0.3) is 0 Å². The molecule has 1 N–H and O–H groups in total. The second-order valence-corrected chi connectivity index (χ2v) is 4.05.